The molecule has 1 aliphatic carbocycles. The number of fused-ring (bicyclic) bond motifs is 3. The zero-order valence-electron chi connectivity index (χ0n) is 17.2. The summed E-state index contributed by atoms with van der Waals surface area (Å²) in [6, 6.07) is 13.5. The molecule has 2 aromatic carbocycles. The van der Waals surface area contributed by atoms with Crippen LogP contribution in [0.2, 0.25) is 0 Å². The number of carboxylic acids is 1. The van der Waals surface area contributed by atoms with Crippen molar-refractivity contribution in [3.05, 3.63) is 59.7 Å². The van der Waals surface area contributed by atoms with E-state index in [1.807, 2.05) is 55.5 Å². The third kappa shape index (κ3) is 5.03. The Bertz CT molecular complexity index is 915. The topological polar surface area (TPSA) is 125 Å². The average molecular weight is 426 g/mol. The molecule has 8 nitrogen and oxygen atoms in total. The molecular formula is C23H26N2O6. The molecule has 8 heteroatoms. The van der Waals surface area contributed by atoms with Crippen LogP contribution in [0.15, 0.2) is 48.5 Å². The summed E-state index contributed by atoms with van der Waals surface area (Å²) in [6.07, 6.45) is 0.123. The molecule has 0 heterocycles. The number of carbonyl (C=O) groups is 3. The number of nitrogens with one attached hydrogen (secondary N) is 2. The van der Waals surface area contributed by atoms with Gasteiger partial charge in [-0.2, -0.15) is 0 Å². The monoisotopic (exact) mass is 426 g/mol. The van der Waals surface area contributed by atoms with E-state index < -0.39 is 36.7 Å². The van der Waals surface area contributed by atoms with Crippen molar-refractivity contribution >= 4 is 18.0 Å². The molecule has 1 unspecified atom stereocenters. The van der Waals surface area contributed by atoms with Gasteiger partial charge in [0.25, 0.3) is 0 Å². The van der Waals surface area contributed by atoms with Gasteiger partial charge in [0.2, 0.25) is 5.91 Å². The number of carboxylic acid groups (broad SMARTS) is 1. The average Bonchev–Trinajstić information content (AvgIpc) is 3.09. The second kappa shape index (κ2) is 10.1. The van der Waals surface area contributed by atoms with Crippen molar-refractivity contribution in [2.45, 2.75) is 37.8 Å². The van der Waals surface area contributed by atoms with Crippen molar-refractivity contribution in [2.24, 2.45) is 0 Å². The Morgan fingerprint density at radius 2 is 1.55 bits per heavy atom. The predicted molar refractivity (Wildman–Crippen MR) is 114 cm³/mol. The summed E-state index contributed by atoms with van der Waals surface area (Å²) in [5.74, 6) is -2.15. The molecule has 31 heavy (non-hydrogen) atoms. The molecule has 2 aromatic rings. The maximum Gasteiger partial charge on any atom is 0.407 e. The van der Waals surface area contributed by atoms with Crippen molar-refractivity contribution < 1.29 is 29.3 Å². The third-order valence-corrected chi connectivity index (χ3v) is 5.33. The summed E-state index contributed by atoms with van der Waals surface area (Å²) < 4.78 is 5.45. The van der Waals surface area contributed by atoms with E-state index in [2.05, 4.69) is 10.6 Å². The van der Waals surface area contributed by atoms with E-state index >= 15 is 0 Å². The Hall–Kier alpha value is -3.39. The lowest BCUT2D eigenvalue weighted by molar-refractivity contribution is -0.143. The highest BCUT2D eigenvalue weighted by Crippen LogP contribution is 2.44. The van der Waals surface area contributed by atoms with Gasteiger partial charge in [0.1, 0.15) is 18.7 Å². The number of benzene rings is 2. The van der Waals surface area contributed by atoms with Crippen LogP contribution in [0.5, 0.6) is 0 Å². The van der Waals surface area contributed by atoms with Crippen LogP contribution in [0.25, 0.3) is 11.1 Å². The highest BCUT2D eigenvalue weighted by Gasteiger charge is 2.30. The first-order valence-electron chi connectivity index (χ1n) is 10.2. The second-order valence-corrected chi connectivity index (χ2v) is 7.39. The van der Waals surface area contributed by atoms with Crippen LogP contribution in [0.4, 0.5) is 4.79 Å². The molecule has 0 bridgehead atoms. The molecular weight excluding hydrogens is 400 g/mol. The molecule has 2 amide bonds. The first-order chi connectivity index (χ1) is 15.0. The van der Waals surface area contributed by atoms with Gasteiger partial charge in [0.15, 0.2) is 0 Å². The lowest BCUT2D eigenvalue weighted by atomic mass is 9.98. The fourth-order valence-corrected chi connectivity index (χ4v) is 3.80. The van der Waals surface area contributed by atoms with Gasteiger partial charge in [-0.3, -0.25) is 4.79 Å². The molecule has 0 aromatic heterocycles. The standard InChI is InChI=1S/C23H26N2O6/c1-2-7-19(21(27)24-20(12-26)22(28)29)25-23(30)31-13-18-16-10-5-3-8-14(16)15-9-4-6-11-17(15)18/h3-6,8-11,18-20,26H,2,7,12-13H2,1H3,(H,24,27)(H,25,30)(H,28,29)/t19-,20?/m1/s1. The molecule has 3 rings (SSSR count). The molecule has 0 saturated carbocycles. The van der Waals surface area contributed by atoms with Crippen LogP contribution < -0.4 is 10.6 Å². The SMILES string of the molecule is CCC[C@@H](NC(=O)OCC1c2ccccc2-c2ccccc21)C(=O)NC(CO)C(=O)O. The summed E-state index contributed by atoms with van der Waals surface area (Å²) in [5.41, 5.74) is 4.37. The summed E-state index contributed by atoms with van der Waals surface area (Å²) in [4.78, 5) is 35.8. The number of ether oxygens (including phenoxy) is 1. The summed E-state index contributed by atoms with van der Waals surface area (Å²) in [7, 11) is 0. The number of carbonyl (C=O) groups excluding carboxylic acids is 2. The van der Waals surface area contributed by atoms with Gasteiger partial charge < -0.3 is 25.6 Å². The number of aliphatic hydroxyl groups is 1. The summed E-state index contributed by atoms with van der Waals surface area (Å²) in [6.45, 7) is 1.19. The molecule has 0 aliphatic heterocycles. The number of hydrogen-bond acceptors (Lipinski definition) is 5. The smallest absolute Gasteiger partial charge is 0.407 e. The largest absolute Gasteiger partial charge is 0.480 e. The predicted octanol–water partition coefficient (Wildman–Crippen LogP) is 2.26. The molecule has 1 aliphatic rings. The minimum atomic E-state index is -1.43. The quantitative estimate of drug-likeness (QED) is 0.487. The minimum Gasteiger partial charge on any atom is -0.480 e. The fraction of sp³-hybridized carbons (Fsp3) is 0.348. The molecule has 0 fully saturated rings. The molecule has 0 spiro atoms. The molecule has 0 saturated heterocycles. The van der Waals surface area contributed by atoms with Crippen molar-refractivity contribution in [1.29, 1.82) is 0 Å². The van der Waals surface area contributed by atoms with Gasteiger partial charge in [0, 0.05) is 5.92 Å². The number of aliphatic hydroxyl groups excluding tert-OH is 1. The van der Waals surface area contributed by atoms with E-state index in [4.69, 9.17) is 14.9 Å². The van der Waals surface area contributed by atoms with Crippen LogP contribution in [-0.4, -0.2) is 53.5 Å². The van der Waals surface area contributed by atoms with Gasteiger partial charge in [-0.1, -0.05) is 61.9 Å². The van der Waals surface area contributed by atoms with Crippen molar-refractivity contribution in [2.75, 3.05) is 13.2 Å². The molecule has 0 radical (unpaired) electrons. The van der Waals surface area contributed by atoms with E-state index in [9.17, 15) is 14.4 Å². The zero-order chi connectivity index (χ0) is 22.4. The van der Waals surface area contributed by atoms with Crippen molar-refractivity contribution in [3.63, 3.8) is 0 Å². The normalized spacial score (nSPS) is 14.1. The van der Waals surface area contributed by atoms with Crippen LogP contribution in [0.1, 0.15) is 36.8 Å². The Labute approximate surface area is 180 Å². The highest BCUT2D eigenvalue weighted by atomic mass is 16.5. The Morgan fingerprint density at radius 1 is 0.968 bits per heavy atom. The fourth-order valence-electron chi connectivity index (χ4n) is 3.80. The Morgan fingerprint density at radius 3 is 2.06 bits per heavy atom. The number of alkyl carbamates (subject to hydrolysis) is 1. The number of amides is 2. The molecule has 2 atom stereocenters. The van der Waals surface area contributed by atoms with Crippen LogP contribution >= 0.6 is 0 Å². The van der Waals surface area contributed by atoms with Gasteiger partial charge >= 0.3 is 12.1 Å². The van der Waals surface area contributed by atoms with Gasteiger partial charge in [-0.15, -0.1) is 0 Å². The molecule has 164 valence electrons. The summed E-state index contributed by atoms with van der Waals surface area (Å²) in [5, 5.41) is 22.8. The van der Waals surface area contributed by atoms with E-state index in [-0.39, 0.29) is 12.5 Å². The van der Waals surface area contributed by atoms with Gasteiger partial charge in [-0.05, 0) is 28.7 Å². The first kappa shape index (κ1) is 22.3. The minimum absolute atomic E-state index is 0.106. The lowest BCUT2D eigenvalue weighted by Gasteiger charge is -2.21. The van der Waals surface area contributed by atoms with Crippen LogP contribution in [0, 0.1) is 0 Å². The van der Waals surface area contributed by atoms with E-state index in [0.29, 0.717) is 12.8 Å². The van der Waals surface area contributed by atoms with Crippen molar-refractivity contribution in [3.8, 4) is 11.1 Å². The van der Waals surface area contributed by atoms with E-state index in [1.54, 1.807) is 0 Å². The van der Waals surface area contributed by atoms with Crippen molar-refractivity contribution in [1.82, 2.24) is 10.6 Å². The van der Waals surface area contributed by atoms with E-state index in [0.717, 1.165) is 22.3 Å². The zero-order valence-corrected chi connectivity index (χ0v) is 17.2. The Kier molecular flexibility index (Phi) is 7.25. The number of rotatable bonds is 9. The van der Waals surface area contributed by atoms with Crippen LogP contribution in [-0.2, 0) is 14.3 Å². The highest BCUT2D eigenvalue weighted by molar-refractivity contribution is 5.89. The van der Waals surface area contributed by atoms with Crippen LogP contribution in [0.3, 0.4) is 0 Å². The lowest BCUT2D eigenvalue weighted by Crippen LogP contribution is -2.52. The third-order valence-electron chi connectivity index (χ3n) is 5.33. The van der Waals surface area contributed by atoms with Gasteiger partial charge in [0.05, 0.1) is 6.61 Å². The first-order valence-corrected chi connectivity index (χ1v) is 10.2. The summed E-state index contributed by atoms with van der Waals surface area (Å²) >= 11 is 0. The Balaban J connectivity index is 1.64. The maximum absolute atomic E-state index is 12.4. The second-order valence-electron chi connectivity index (χ2n) is 7.39. The maximum atomic E-state index is 12.4. The van der Waals surface area contributed by atoms with E-state index in [1.165, 1.54) is 0 Å². The number of hydrogen-bond donors (Lipinski definition) is 4. The molecule has 4 N–H and O–H groups in total. The van der Waals surface area contributed by atoms with Gasteiger partial charge in [-0.25, -0.2) is 9.59 Å². The number of aliphatic carboxylic acids is 1.